The van der Waals surface area contributed by atoms with Crippen LogP contribution in [-0.2, 0) is 0 Å². The summed E-state index contributed by atoms with van der Waals surface area (Å²) in [7, 11) is 1.54. The van der Waals surface area contributed by atoms with Crippen molar-refractivity contribution in [2.45, 2.75) is 6.92 Å². The number of carbonyl (C=O) groups is 1. The first-order valence-electron chi connectivity index (χ1n) is 3.99. The van der Waals surface area contributed by atoms with E-state index in [1.165, 1.54) is 0 Å². The molecule has 0 aliphatic heterocycles. The smallest absolute Gasteiger partial charge is 0.336 e. The molecule has 0 unspecified atom stereocenters. The van der Waals surface area contributed by atoms with Gasteiger partial charge in [0, 0.05) is 7.05 Å². The summed E-state index contributed by atoms with van der Waals surface area (Å²) in [6.45, 7) is 1.90. The van der Waals surface area contributed by atoms with Crippen LogP contribution in [0, 0.1) is 6.92 Å². The van der Waals surface area contributed by atoms with Gasteiger partial charge in [0.25, 0.3) is 0 Å². The topological polar surface area (TPSA) is 58.4 Å². The summed E-state index contributed by atoms with van der Waals surface area (Å²) < 4.78 is 0. The van der Waals surface area contributed by atoms with E-state index in [1.54, 1.807) is 13.1 Å². The largest absolute Gasteiger partial charge is 0.340 e. The quantitative estimate of drug-likeness (QED) is 0.384. The Morgan fingerprint density at radius 3 is 2.62 bits per heavy atom. The summed E-state index contributed by atoms with van der Waals surface area (Å²) in [5, 5.41) is 3.55. The van der Waals surface area contributed by atoms with Crippen LogP contribution in [0.1, 0.15) is 5.56 Å². The van der Waals surface area contributed by atoms with E-state index in [9.17, 15) is 4.79 Å². The number of amides is 2. The van der Waals surface area contributed by atoms with Gasteiger partial charge in [0.1, 0.15) is 0 Å². The lowest BCUT2D eigenvalue weighted by atomic mass is 10.2. The van der Waals surface area contributed by atoms with Crippen molar-refractivity contribution in [3.8, 4) is 0 Å². The molecule has 70 valence electrons. The summed E-state index contributed by atoms with van der Waals surface area (Å²) in [5.74, 6) is 5.57. The first kappa shape index (κ1) is 9.54. The number of rotatable bonds is 1. The van der Waals surface area contributed by atoms with Gasteiger partial charge in [-0.2, -0.15) is 0 Å². The Morgan fingerprint density at radius 1 is 1.46 bits per heavy atom. The molecule has 2 amide bonds. The molecule has 0 aliphatic carbocycles. The maximum atomic E-state index is 11.2. The van der Waals surface area contributed by atoms with E-state index in [1.807, 2.05) is 25.1 Å². The molecule has 0 spiro atoms. The molecule has 0 heterocycles. The Labute approximate surface area is 77.3 Å². The maximum Gasteiger partial charge on any atom is 0.336 e. The second-order valence-electron chi connectivity index (χ2n) is 2.71. The SMILES string of the molecule is CNC(=O)N(N)c1ccccc1C. The van der Waals surface area contributed by atoms with Crippen LogP contribution in [0.3, 0.4) is 0 Å². The number of carbonyl (C=O) groups excluding carboxylic acids is 1. The average molecular weight is 179 g/mol. The zero-order valence-electron chi connectivity index (χ0n) is 7.74. The Balaban J connectivity index is 2.95. The predicted octanol–water partition coefficient (Wildman–Crippen LogP) is 1.01. The van der Waals surface area contributed by atoms with Crippen molar-refractivity contribution in [2.75, 3.05) is 12.1 Å². The number of nitrogens with two attached hydrogens (primary N) is 1. The molecule has 0 atom stereocenters. The molecule has 3 N–H and O–H groups in total. The molecular formula is C9H13N3O. The fraction of sp³-hybridized carbons (Fsp3) is 0.222. The molecule has 4 heteroatoms. The van der Waals surface area contributed by atoms with E-state index in [0.29, 0.717) is 5.69 Å². The highest BCUT2D eigenvalue weighted by molar-refractivity contribution is 5.91. The van der Waals surface area contributed by atoms with Gasteiger partial charge in [0.05, 0.1) is 5.69 Å². The summed E-state index contributed by atoms with van der Waals surface area (Å²) in [4.78, 5) is 11.2. The number of anilines is 1. The molecule has 1 rings (SSSR count). The molecule has 0 bridgehead atoms. The first-order chi connectivity index (χ1) is 6.16. The zero-order valence-corrected chi connectivity index (χ0v) is 7.74. The molecule has 0 radical (unpaired) electrons. The van der Waals surface area contributed by atoms with Gasteiger partial charge in [-0.3, -0.25) is 0 Å². The van der Waals surface area contributed by atoms with Crippen LogP contribution in [-0.4, -0.2) is 13.1 Å². The third kappa shape index (κ3) is 1.97. The van der Waals surface area contributed by atoms with E-state index in [0.717, 1.165) is 10.6 Å². The van der Waals surface area contributed by atoms with Gasteiger partial charge in [0.2, 0.25) is 0 Å². The van der Waals surface area contributed by atoms with Gasteiger partial charge in [-0.25, -0.2) is 15.6 Å². The van der Waals surface area contributed by atoms with E-state index >= 15 is 0 Å². The van der Waals surface area contributed by atoms with Crippen molar-refractivity contribution in [3.05, 3.63) is 29.8 Å². The third-order valence-electron chi connectivity index (χ3n) is 1.81. The van der Waals surface area contributed by atoms with Crippen molar-refractivity contribution < 1.29 is 4.79 Å². The van der Waals surface area contributed by atoms with E-state index in [2.05, 4.69) is 5.32 Å². The van der Waals surface area contributed by atoms with Gasteiger partial charge in [0.15, 0.2) is 0 Å². The minimum Gasteiger partial charge on any atom is -0.340 e. The molecule has 0 fully saturated rings. The average Bonchev–Trinajstić information content (AvgIpc) is 2.16. The number of hydrogen-bond acceptors (Lipinski definition) is 2. The van der Waals surface area contributed by atoms with Crippen molar-refractivity contribution >= 4 is 11.7 Å². The number of urea groups is 1. The standard InChI is InChI=1S/C9H13N3O/c1-7-5-3-4-6-8(7)12(10)9(13)11-2/h3-6H,10H2,1-2H3,(H,11,13). The highest BCUT2D eigenvalue weighted by Gasteiger charge is 2.10. The van der Waals surface area contributed by atoms with Crippen LogP contribution >= 0.6 is 0 Å². The minimum absolute atomic E-state index is 0.325. The normalized spacial score (nSPS) is 9.46. The lowest BCUT2D eigenvalue weighted by Gasteiger charge is -2.17. The van der Waals surface area contributed by atoms with Gasteiger partial charge < -0.3 is 5.32 Å². The molecule has 0 aromatic heterocycles. The number of nitrogens with one attached hydrogen (secondary N) is 1. The summed E-state index contributed by atoms with van der Waals surface area (Å²) >= 11 is 0. The minimum atomic E-state index is -0.325. The zero-order chi connectivity index (χ0) is 9.84. The fourth-order valence-electron chi connectivity index (χ4n) is 1.06. The van der Waals surface area contributed by atoms with E-state index in [-0.39, 0.29) is 6.03 Å². The Bertz CT molecular complexity index is 311. The molecule has 4 nitrogen and oxygen atoms in total. The van der Waals surface area contributed by atoms with Crippen LogP contribution < -0.4 is 16.2 Å². The Morgan fingerprint density at radius 2 is 2.08 bits per heavy atom. The second kappa shape index (κ2) is 3.91. The van der Waals surface area contributed by atoms with Crippen LogP contribution in [0.25, 0.3) is 0 Å². The fourth-order valence-corrected chi connectivity index (χ4v) is 1.06. The number of hydrogen-bond donors (Lipinski definition) is 2. The van der Waals surface area contributed by atoms with Crippen molar-refractivity contribution in [2.24, 2.45) is 5.84 Å². The number of nitrogens with zero attached hydrogens (tertiary/aromatic N) is 1. The summed E-state index contributed by atoms with van der Waals surface area (Å²) in [5.41, 5.74) is 1.68. The van der Waals surface area contributed by atoms with Crippen molar-refractivity contribution in [1.82, 2.24) is 5.32 Å². The lowest BCUT2D eigenvalue weighted by Crippen LogP contribution is -2.43. The molecular weight excluding hydrogens is 166 g/mol. The molecule has 13 heavy (non-hydrogen) atoms. The number of benzene rings is 1. The van der Waals surface area contributed by atoms with Crippen molar-refractivity contribution in [1.29, 1.82) is 0 Å². The predicted molar refractivity (Wildman–Crippen MR) is 52.3 cm³/mol. The van der Waals surface area contributed by atoms with Crippen LogP contribution in [0.5, 0.6) is 0 Å². The van der Waals surface area contributed by atoms with Crippen LogP contribution in [0.15, 0.2) is 24.3 Å². The van der Waals surface area contributed by atoms with Gasteiger partial charge >= 0.3 is 6.03 Å². The maximum absolute atomic E-state index is 11.2. The first-order valence-corrected chi connectivity index (χ1v) is 3.99. The second-order valence-corrected chi connectivity index (χ2v) is 2.71. The number of para-hydroxylation sites is 1. The Kier molecular flexibility index (Phi) is 2.87. The van der Waals surface area contributed by atoms with Gasteiger partial charge in [-0.15, -0.1) is 0 Å². The van der Waals surface area contributed by atoms with Gasteiger partial charge in [-0.05, 0) is 18.6 Å². The van der Waals surface area contributed by atoms with Crippen molar-refractivity contribution in [3.63, 3.8) is 0 Å². The molecule has 0 aliphatic rings. The monoisotopic (exact) mass is 179 g/mol. The molecule has 1 aromatic carbocycles. The molecule has 0 saturated carbocycles. The van der Waals surface area contributed by atoms with Crippen LogP contribution in [0.4, 0.5) is 10.5 Å². The third-order valence-corrected chi connectivity index (χ3v) is 1.81. The summed E-state index contributed by atoms with van der Waals surface area (Å²) in [6.07, 6.45) is 0. The Hall–Kier alpha value is -1.55. The van der Waals surface area contributed by atoms with Gasteiger partial charge in [-0.1, -0.05) is 18.2 Å². The summed E-state index contributed by atoms with van der Waals surface area (Å²) in [6, 6.07) is 7.11. The number of aryl methyl sites for hydroxylation is 1. The van der Waals surface area contributed by atoms with E-state index < -0.39 is 0 Å². The lowest BCUT2D eigenvalue weighted by molar-refractivity contribution is 0.248. The molecule has 0 saturated heterocycles. The van der Waals surface area contributed by atoms with Crippen LogP contribution in [0.2, 0.25) is 0 Å². The highest BCUT2D eigenvalue weighted by atomic mass is 16.2. The highest BCUT2D eigenvalue weighted by Crippen LogP contribution is 2.15. The molecule has 1 aromatic rings. The van der Waals surface area contributed by atoms with E-state index in [4.69, 9.17) is 5.84 Å². The number of hydrazine groups is 1.